The van der Waals surface area contributed by atoms with Crippen molar-refractivity contribution < 1.29 is 23.1 Å². The second-order valence-electron chi connectivity index (χ2n) is 12.7. The number of benzene rings is 3. The Balaban J connectivity index is 0.000000189. The lowest BCUT2D eigenvalue weighted by Crippen LogP contribution is -2.30. The fourth-order valence-corrected chi connectivity index (χ4v) is 5.70. The van der Waals surface area contributed by atoms with Crippen molar-refractivity contribution >= 4 is 28.0 Å². The molecule has 0 amide bonds. The van der Waals surface area contributed by atoms with E-state index < -0.39 is 34.6 Å². The van der Waals surface area contributed by atoms with Gasteiger partial charge in [0.25, 0.3) is 11.1 Å². The van der Waals surface area contributed by atoms with E-state index in [4.69, 9.17) is 15.6 Å². The summed E-state index contributed by atoms with van der Waals surface area (Å²) in [7, 11) is 0. The molecule has 0 saturated carbocycles. The average molecular weight is 775 g/mol. The number of carbonyl (C=O) groups is 1. The van der Waals surface area contributed by atoms with Gasteiger partial charge in [-0.1, -0.05) is 30.3 Å². The van der Waals surface area contributed by atoms with E-state index >= 15 is 0 Å². The van der Waals surface area contributed by atoms with E-state index in [1.54, 1.807) is 4.57 Å². The third kappa shape index (κ3) is 9.19. The van der Waals surface area contributed by atoms with E-state index in [1.165, 1.54) is 5.56 Å². The fourth-order valence-electron chi connectivity index (χ4n) is 5.70. The number of hydrogen-bond donors (Lipinski definition) is 5. The quantitative estimate of drug-likeness (QED) is 0.116. The Morgan fingerprint density at radius 2 is 1.16 bits per heavy atom. The smallest absolute Gasteiger partial charge is 0.475 e. The van der Waals surface area contributed by atoms with E-state index in [-0.39, 0.29) is 17.2 Å². The highest BCUT2D eigenvalue weighted by molar-refractivity contribution is 5.82. The van der Waals surface area contributed by atoms with Crippen molar-refractivity contribution in [2.75, 3.05) is 13.1 Å². The lowest BCUT2D eigenvalue weighted by atomic mass is 10.1. The second kappa shape index (κ2) is 16.8. The minimum atomic E-state index is -5.08. The summed E-state index contributed by atoms with van der Waals surface area (Å²) in [5.41, 5.74) is 12.3. The molecule has 292 valence electrons. The molecule has 0 aliphatic carbocycles. The van der Waals surface area contributed by atoms with Gasteiger partial charge in [0.1, 0.15) is 0 Å². The van der Waals surface area contributed by atoms with Crippen LogP contribution in [-0.4, -0.2) is 69.4 Å². The highest BCUT2D eigenvalue weighted by Gasteiger charge is 2.38. The summed E-state index contributed by atoms with van der Waals surface area (Å²) in [5, 5.41) is 10.5. The number of carboxylic acids is 1. The maximum Gasteiger partial charge on any atom is 0.490 e. The Morgan fingerprint density at radius 3 is 1.59 bits per heavy atom. The summed E-state index contributed by atoms with van der Waals surface area (Å²) >= 11 is 0. The average Bonchev–Trinajstić information content (AvgIpc) is 3.12. The molecule has 3 aromatic rings. The Hall–Kier alpha value is -6.60. The minimum Gasteiger partial charge on any atom is -0.475 e. The van der Waals surface area contributed by atoms with E-state index in [1.807, 2.05) is 74.7 Å². The largest absolute Gasteiger partial charge is 0.490 e. The standard InChI is InChI=1S/C21H21N5O2.C14H15N5O2.C2HF3O2/c1-13-10-16-17(11-14(13)2)26(9-8-22-12-15-6-4-3-5-7-15)19-18(23-16)20(27)25-21(28)24-19;1-7-5-9-10(6-8(7)2)19(4-3-15)12-11(16-9)13(20)18-14(21)17-12;3-2(4,5)1(6)7/h3-7,10-11,22H,8-9,12H2,1-2H3,(H,25,27,28);5-6H,3-4,15H2,1-2H3,(H,18,20,21);(H,6,7). The predicted molar refractivity (Wildman–Crippen MR) is 202 cm³/mol. The maximum absolute atomic E-state index is 12.3. The third-order valence-electron chi connectivity index (χ3n) is 8.73. The fraction of sp³-hybridized carbons (Fsp3) is 0.270. The van der Waals surface area contributed by atoms with Gasteiger partial charge in [-0.15, -0.1) is 0 Å². The number of aromatic nitrogens is 8. The summed E-state index contributed by atoms with van der Waals surface area (Å²) in [6.45, 7) is 10.8. The third-order valence-corrected chi connectivity index (χ3v) is 8.73. The molecule has 3 aromatic carbocycles. The molecule has 4 aliphatic rings. The van der Waals surface area contributed by atoms with Crippen LogP contribution in [0.4, 0.5) is 13.2 Å². The van der Waals surface area contributed by atoms with Crippen molar-refractivity contribution in [1.82, 2.24) is 44.4 Å². The zero-order chi connectivity index (χ0) is 40.9. The molecule has 0 unspecified atom stereocenters. The van der Waals surface area contributed by atoms with E-state index in [2.05, 4.69) is 47.4 Å². The number of aryl methyl sites for hydroxylation is 4. The zero-order valence-corrected chi connectivity index (χ0v) is 30.6. The van der Waals surface area contributed by atoms with Crippen LogP contribution in [0.5, 0.6) is 0 Å². The summed E-state index contributed by atoms with van der Waals surface area (Å²) < 4.78 is 35.4. The van der Waals surface area contributed by atoms with Gasteiger partial charge in [-0.05, 0) is 79.8 Å². The number of alkyl halides is 3. The monoisotopic (exact) mass is 774 g/mol. The molecule has 0 spiro atoms. The van der Waals surface area contributed by atoms with Gasteiger partial charge in [-0.3, -0.25) is 19.6 Å². The van der Waals surface area contributed by atoms with Crippen molar-refractivity contribution in [3.63, 3.8) is 0 Å². The molecule has 19 heteroatoms. The van der Waals surface area contributed by atoms with Crippen molar-refractivity contribution in [2.24, 2.45) is 5.73 Å². The normalized spacial score (nSPS) is 11.4. The highest BCUT2D eigenvalue weighted by Crippen LogP contribution is 2.25. The Kier molecular flexibility index (Phi) is 12.2. The first kappa shape index (κ1) is 40.6. The Morgan fingerprint density at radius 1 is 0.732 bits per heavy atom. The van der Waals surface area contributed by atoms with Gasteiger partial charge in [-0.25, -0.2) is 24.4 Å². The number of nitrogens with two attached hydrogens (primary N) is 1. The number of nitrogens with zero attached hydrogens (tertiary/aromatic N) is 6. The number of aliphatic carboxylic acids is 1. The molecule has 56 heavy (non-hydrogen) atoms. The lowest BCUT2D eigenvalue weighted by Gasteiger charge is -2.18. The van der Waals surface area contributed by atoms with Crippen LogP contribution in [0, 0.1) is 27.7 Å². The van der Waals surface area contributed by atoms with Crippen molar-refractivity contribution in [3.8, 4) is 23.0 Å². The van der Waals surface area contributed by atoms with Crippen LogP contribution < -0.4 is 33.5 Å². The van der Waals surface area contributed by atoms with Gasteiger partial charge in [-0.2, -0.15) is 23.1 Å². The minimum absolute atomic E-state index is 0.152. The SMILES string of the molecule is Cc1cc2nc3c(=O)[nH]c(=O)nc-3n(CCN)c2cc1C.Cc1cc2nc3c(=O)[nH]c(=O)nc-3n(CCNCc3ccccc3)c2cc1C.O=C(O)C(F)(F)F. The summed E-state index contributed by atoms with van der Waals surface area (Å²) in [4.78, 5) is 77.5. The number of halogens is 3. The van der Waals surface area contributed by atoms with Crippen LogP contribution in [-0.2, 0) is 24.4 Å². The maximum atomic E-state index is 12.3. The molecule has 7 rings (SSSR count). The number of nitrogens with one attached hydrogen (secondary N) is 3. The van der Waals surface area contributed by atoms with Crippen LogP contribution in [0.15, 0.2) is 73.8 Å². The first-order chi connectivity index (χ1) is 26.5. The molecule has 4 heterocycles. The summed E-state index contributed by atoms with van der Waals surface area (Å²) in [6, 6.07) is 18.0. The van der Waals surface area contributed by atoms with Gasteiger partial charge in [0.05, 0.1) is 22.1 Å². The van der Waals surface area contributed by atoms with E-state index in [9.17, 15) is 32.3 Å². The molecule has 16 nitrogen and oxygen atoms in total. The lowest BCUT2D eigenvalue weighted by molar-refractivity contribution is -0.192. The topological polar surface area (TPSA) is 237 Å². The van der Waals surface area contributed by atoms with Gasteiger partial charge < -0.3 is 25.3 Å². The van der Waals surface area contributed by atoms with Crippen molar-refractivity contribution in [3.05, 3.63) is 124 Å². The molecular weight excluding hydrogens is 737 g/mol. The first-order valence-corrected chi connectivity index (χ1v) is 17.1. The molecule has 4 aliphatic heterocycles. The molecule has 0 radical (unpaired) electrons. The summed E-state index contributed by atoms with van der Waals surface area (Å²) in [5.74, 6) is -2.18. The van der Waals surface area contributed by atoms with Crippen LogP contribution in [0.3, 0.4) is 0 Å². The molecule has 0 bridgehead atoms. The number of H-pyrrole nitrogens is 2. The van der Waals surface area contributed by atoms with Crippen LogP contribution in [0.25, 0.3) is 45.1 Å². The molecule has 6 N–H and O–H groups in total. The number of hydrogen-bond acceptors (Lipinski definition) is 11. The zero-order valence-electron chi connectivity index (χ0n) is 30.6. The van der Waals surface area contributed by atoms with Gasteiger partial charge >= 0.3 is 23.5 Å². The van der Waals surface area contributed by atoms with E-state index in [0.717, 1.165) is 39.8 Å². The number of carboxylic acid groups (broad SMARTS) is 1. The van der Waals surface area contributed by atoms with Gasteiger partial charge in [0, 0.05) is 32.7 Å². The Labute approximate surface area is 314 Å². The molecule has 0 fully saturated rings. The second-order valence-corrected chi connectivity index (χ2v) is 12.7. The number of rotatable bonds is 7. The molecule has 0 atom stereocenters. The molecule has 0 saturated heterocycles. The molecular formula is C37H37F3N10O6. The van der Waals surface area contributed by atoms with Crippen LogP contribution in [0.1, 0.15) is 27.8 Å². The predicted octanol–water partition coefficient (Wildman–Crippen LogP) is 2.78. The van der Waals surface area contributed by atoms with E-state index in [0.29, 0.717) is 43.0 Å². The summed E-state index contributed by atoms with van der Waals surface area (Å²) in [6.07, 6.45) is -5.08. The van der Waals surface area contributed by atoms with Crippen molar-refractivity contribution in [1.29, 1.82) is 0 Å². The first-order valence-electron chi connectivity index (χ1n) is 17.1. The van der Waals surface area contributed by atoms with Gasteiger partial charge in [0.15, 0.2) is 23.0 Å². The highest BCUT2D eigenvalue weighted by atomic mass is 19.4. The molecule has 0 aromatic heterocycles. The number of fused-ring (bicyclic) bond motifs is 4. The van der Waals surface area contributed by atoms with Crippen molar-refractivity contribution in [2.45, 2.75) is 53.5 Å². The van der Waals surface area contributed by atoms with Gasteiger partial charge in [0.2, 0.25) is 0 Å². The Bertz CT molecular complexity index is 2720. The van der Waals surface area contributed by atoms with Crippen LogP contribution >= 0.6 is 0 Å². The number of aromatic amines is 2. The van der Waals surface area contributed by atoms with Crippen LogP contribution in [0.2, 0.25) is 0 Å².